The van der Waals surface area contributed by atoms with Crippen LogP contribution in [-0.2, 0) is 11.3 Å². The second kappa shape index (κ2) is 7.46. The third kappa shape index (κ3) is 4.47. The lowest BCUT2D eigenvalue weighted by molar-refractivity contribution is -0.0705. The van der Waals surface area contributed by atoms with Gasteiger partial charge in [0, 0.05) is 25.2 Å². The number of hydrogen-bond acceptors (Lipinski definition) is 4. The van der Waals surface area contributed by atoms with Gasteiger partial charge in [0.1, 0.15) is 12.4 Å². The standard InChI is InChI=1S/C17H23NO3/c1-13-10-18(11-14(2)21-13)12-16-9-17(20-3)7-6-15(16)5-4-8-19/h6-7,9,13-14,19H,8,10-12H2,1-3H3/t13-,14+. The molecule has 1 saturated heterocycles. The average molecular weight is 289 g/mol. The Labute approximate surface area is 126 Å². The van der Waals surface area contributed by atoms with Crippen LogP contribution in [0.1, 0.15) is 25.0 Å². The molecule has 0 saturated carbocycles. The molecule has 0 aromatic heterocycles. The van der Waals surface area contributed by atoms with Crippen molar-refractivity contribution in [3.8, 4) is 17.6 Å². The summed E-state index contributed by atoms with van der Waals surface area (Å²) in [5.74, 6) is 6.56. The minimum atomic E-state index is -0.128. The van der Waals surface area contributed by atoms with Gasteiger partial charge in [0.05, 0.1) is 19.3 Å². The van der Waals surface area contributed by atoms with Crippen LogP contribution in [0.3, 0.4) is 0 Å². The van der Waals surface area contributed by atoms with Gasteiger partial charge in [-0.15, -0.1) is 0 Å². The van der Waals surface area contributed by atoms with Crippen LogP contribution in [0.15, 0.2) is 18.2 Å². The number of nitrogens with zero attached hydrogens (tertiary/aromatic N) is 1. The molecular weight excluding hydrogens is 266 g/mol. The molecule has 0 amide bonds. The van der Waals surface area contributed by atoms with Crippen LogP contribution < -0.4 is 4.74 Å². The molecule has 4 nitrogen and oxygen atoms in total. The zero-order valence-electron chi connectivity index (χ0n) is 12.9. The molecule has 1 aliphatic rings. The van der Waals surface area contributed by atoms with Crippen molar-refractivity contribution in [1.82, 2.24) is 4.90 Å². The molecule has 4 heteroatoms. The molecule has 0 radical (unpaired) electrons. The fourth-order valence-corrected chi connectivity index (χ4v) is 2.74. The van der Waals surface area contributed by atoms with E-state index in [-0.39, 0.29) is 18.8 Å². The van der Waals surface area contributed by atoms with Gasteiger partial charge in [-0.05, 0) is 37.6 Å². The summed E-state index contributed by atoms with van der Waals surface area (Å²) >= 11 is 0. The van der Waals surface area contributed by atoms with Crippen molar-refractivity contribution in [3.05, 3.63) is 29.3 Å². The summed E-state index contributed by atoms with van der Waals surface area (Å²) in [6, 6.07) is 5.87. The third-order valence-electron chi connectivity index (χ3n) is 3.50. The lowest BCUT2D eigenvalue weighted by atomic mass is 10.1. The molecule has 1 N–H and O–H groups in total. The van der Waals surface area contributed by atoms with Gasteiger partial charge < -0.3 is 14.6 Å². The van der Waals surface area contributed by atoms with Gasteiger partial charge >= 0.3 is 0 Å². The number of aliphatic hydroxyl groups excluding tert-OH is 1. The van der Waals surface area contributed by atoms with Gasteiger partial charge in [-0.25, -0.2) is 0 Å². The van der Waals surface area contributed by atoms with Gasteiger partial charge in [-0.3, -0.25) is 4.90 Å². The highest BCUT2D eigenvalue weighted by Gasteiger charge is 2.22. The predicted molar refractivity (Wildman–Crippen MR) is 82.2 cm³/mol. The molecule has 1 aromatic rings. The van der Waals surface area contributed by atoms with Crippen molar-refractivity contribution in [2.24, 2.45) is 0 Å². The van der Waals surface area contributed by atoms with Crippen molar-refractivity contribution < 1.29 is 14.6 Å². The Morgan fingerprint density at radius 2 is 2.05 bits per heavy atom. The Morgan fingerprint density at radius 3 is 2.67 bits per heavy atom. The Balaban J connectivity index is 2.20. The van der Waals surface area contributed by atoms with Crippen LogP contribution in [0.4, 0.5) is 0 Å². The largest absolute Gasteiger partial charge is 0.497 e. The predicted octanol–water partition coefficient (Wildman–Crippen LogP) is 1.65. The molecule has 2 rings (SSSR count). The molecule has 0 spiro atoms. The Morgan fingerprint density at radius 1 is 1.33 bits per heavy atom. The van der Waals surface area contributed by atoms with Crippen molar-refractivity contribution >= 4 is 0 Å². The molecule has 1 fully saturated rings. The molecule has 21 heavy (non-hydrogen) atoms. The van der Waals surface area contributed by atoms with Gasteiger partial charge in [0.2, 0.25) is 0 Å². The van der Waals surface area contributed by atoms with E-state index in [1.165, 1.54) is 0 Å². The summed E-state index contributed by atoms with van der Waals surface area (Å²) in [5, 5.41) is 8.88. The topological polar surface area (TPSA) is 41.9 Å². The fraction of sp³-hybridized carbons (Fsp3) is 0.529. The number of aliphatic hydroxyl groups is 1. The lowest BCUT2D eigenvalue weighted by Gasteiger charge is -2.35. The summed E-state index contributed by atoms with van der Waals surface area (Å²) in [6.07, 6.45) is 0.484. The number of ether oxygens (including phenoxy) is 2. The van der Waals surface area contributed by atoms with Crippen molar-refractivity contribution in [2.75, 3.05) is 26.8 Å². The number of benzene rings is 1. The Bertz CT molecular complexity index is 523. The monoisotopic (exact) mass is 289 g/mol. The highest BCUT2D eigenvalue weighted by Crippen LogP contribution is 2.21. The van der Waals surface area contributed by atoms with Gasteiger partial charge in [0.25, 0.3) is 0 Å². The molecule has 0 aliphatic carbocycles. The van der Waals surface area contributed by atoms with E-state index in [0.717, 1.165) is 36.5 Å². The molecule has 114 valence electrons. The maximum absolute atomic E-state index is 8.88. The zero-order chi connectivity index (χ0) is 15.2. The zero-order valence-corrected chi connectivity index (χ0v) is 12.9. The number of morpholine rings is 1. The first kappa shape index (κ1) is 15.8. The second-order valence-electron chi connectivity index (χ2n) is 5.43. The van der Waals surface area contributed by atoms with E-state index in [0.29, 0.717) is 0 Å². The minimum absolute atomic E-state index is 0.128. The molecule has 2 atom stereocenters. The van der Waals surface area contributed by atoms with Gasteiger partial charge in [0.15, 0.2) is 0 Å². The maximum atomic E-state index is 8.88. The normalized spacial score (nSPS) is 22.5. The van der Waals surface area contributed by atoms with Crippen LogP contribution >= 0.6 is 0 Å². The van der Waals surface area contributed by atoms with E-state index in [2.05, 4.69) is 30.6 Å². The first-order chi connectivity index (χ1) is 10.1. The molecule has 1 heterocycles. The summed E-state index contributed by atoms with van der Waals surface area (Å²) in [6.45, 7) is 6.70. The van der Waals surface area contributed by atoms with Crippen molar-refractivity contribution in [2.45, 2.75) is 32.6 Å². The summed E-state index contributed by atoms with van der Waals surface area (Å²) in [4.78, 5) is 2.37. The smallest absolute Gasteiger partial charge is 0.119 e. The summed E-state index contributed by atoms with van der Waals surface area (Å²) < 4.78 is 11.1. The highest BCUT2D eigenvalue weighted by atomic mass is 16.5. The molecule has 1 aliphatic heterocycles. The van der Waals surface area contributed by atoms with Gasteiger partial charge in [-0.2, -0.15) is 0 Å². The van der Waals surface area contributed by atoms with E-state index < -0.39 is 0 Å². The molecule has 0 unspecified atom stereocenters. The maximum Gasteiger partial charge on any atom is 0.119 e. The third-order valence-corrected chi connectivity index (χ3v) is 3.50. The summed E-state index contributed by atoms with van der Waals surface area (Å²) in [7, 11) is 1.66. The minimum Gasteiger partial charge on any atom is -0.497 e. The fourth-order valence-electron chi connectivity index (χ4n) is 2.74. The number of hydrogen-bond donors (Lipinski definition) is 1. The van der Waals surface area contributed by atoms with Crippen LogP contribution in [0.2, 0.25) is 0 Å². The van der Waals surface area contributed by atoms with Crippen molar-refractivity contribution in [1.29, 1.82) is 0 Å². The van der Waals surface area contributed by atoms with Gasteiger partial charge in [-0.1, -0.05) is 11.8 Å². The van der Waals surface area contributed by atoms with E-state index >= 15 is 0 Å². The van der Waals surface area contributed by atoms with Crippen LogP contribution in [-0.4, -0.2) is 49.0 Å². The van der Waals surface area contributed by atoms with Crippen molar-refractivity contribution in [3.63, 3.8) is 0 Å². The SMILES string of the molecule is COc1ccc(C#CCO)c(CN2C[C@@H](C)O[C@@H](C)C2)c1. The molecule has 0 bridgehead atoms. The molecule has 1 aromatic carbocycles. The first-order valence-corrected chi connectivity index (χ1v) is 7.27. The lowest BCUT2D eigenvalue weighted by Crippen LogP contribution is -2.44. The van der Waals surface area contributed by atoms with E-state index in [9.17, 15) is 0 Å². The quantitative estimate of drug-likeness (QED) is 0.859. The number of methoxy groups -OCH3 is 1. The first-order valence-electron chi connectivity index (χ1n) is 7.27. The number of rotatable bonds is 3. The Kier molecular flexibility index (Phi) is 5.63. The second-order valence-corrected chi connectivity index (χ2v) is 5.43. The Hall–Kier alpha value is -1.54. The van der Waals surface area contributed by atoms with Crippen LogP contribution in [0.25, 0.3) is 0 Å². The molecular formula is C17H23NO3. The highest BCUT2D eigenvalue weighted by molar-refractivity contribution is 5.45. The average Bonchev–Trinajstić information content (AvgIpc) is 2.44. The van der Waals surface area contributed by atoms with Crippen LogP contribution in [0.5, 0.6) is 5.75 Å². The van der Waals surface area contributed by atoms with E-state index in [4.69, 9.17) is 14.6 Å². The van der Waals surface area contributed by atoms with Crippen LogP contribution in [0, 0.1) is 11.8 Å². The van der Waals surface area contributed by atoms with E-state index in [1.54, 1.807) is 7.11 Å². The summed E-state index contributed by atoms with van der Waals surface area (Å²) in [5.41, 5.74) is 2.06. The van der Waals surface area contributed by atoms with E-state index in [1.807, 2.05) is 18.2 Å².